The Morgan fingerprint density at radius 2 is 2.12 bits per heavy atom. The molecule has 3 N–H and O–H groups in total. The Kier molecular flexibility index (Phi) is 5.06. The fourth-order valence-electron chi connectivity index (χ4n) is 2.31. The molecule has 128 valence electrons. The number of para-hydroxylation sites is 1. The highest BCUT2D eigenvalue weighted by atomic mass is 79.9. The number of benzene rings is 2. The summed E-state index contributed by atoms with van der Waals surface area (Å²) in [6.07, 6.45) is 0. The number of H-pyrrole nitrogens is 1. The summed E-state index contributed by atoms with van der Waals surface area (Å²) in [6, 6.07) is 10.8. The van der Waals surface area contributed by atoms with Gasteiger partial charge in [-0.3, -0.25) is 4.79 Å². The molecule has 1 amide bonds. The predicted molar refractivity (Wildman–Crippen MR) is 102 cm³/mol. The maximum absolute atomic E-state index is 11.9. The van der Waals surface area contributed by atoms with E-state index in [4.69, 9.17) is 11.6 Å². The molecule has 0 aliphatic rings. The van der Waals surface area contributed by atoms with Gasteiger partial charge in [-0.05, 0) is 36.8 Å². The van der Waals surface area contributed by atoms with Crippen molar-refractivity contribution < 1.29 is 9.90 Å². The summed E-state index contributed by atoms with van der Waals surface area (Å²) in [5.41, 5.74) is 2.56. The molecule has 0 unspecified atom stereocenters. The lowest BCUT2D eigenvalue weighted by molar-refractivity contribution is -0.116. The molecule has 3 aromatic rings. The number of anilines is 1. The second-order valence-electron chi connectivity index (χ2n) is 5.40. The van der Waals surface area contributed by atoms with Crippen molar-refractivity contribution in [2.24, 2.45) is 10.2 Å². The fraction of sp³-hybridized carbons (Fsp3) is 0.118. The molecule has 1 heterocycles. The highest BCUT2D eigenvalue weighted by molar-refractivity contribution is 9.10. The smallest absolute Gasteiger partial charge is 0.283 e. The molecule has 1 aromatic heterocycles. The van der Waals surface area contributed by atoms with Crippen molar-refractivity contribution in [3.8, 4) is 5.88 Å². The van der Waals surface area contributed by atoms with Crippen molar-refractivity contribution in [1.29, 1.82) is 0 Å². The van der Waals surface area contributed by atoms with E-state index in [9.17, 15) is 9.90 Å². The Bertz CT molecular complexity index is 984. The lowest BCUT2D eigenvalue weighted by atomic mass is 10.1. The van der Waals surface area contributed by atoms with E-state index >= 15 is 0 Å². The first-order chi connectivity index (χ1) is 12.0. The minimum atomic E-state index is -0.484. The first-order valence-corrected chi connectivity index (χ1v) is 8.56. The van der Waals surface area contributed by atoms with Crippen LogP contribution in [0.15, 0.2) is 51.1 Å². The number of carbonyl (C=O) groups excluding carboxylic acids is 1. The molecule has 0 saturated carbocycles. The van der Waals surface area contributed by atoms with Gasteiger partial charge in [-0.2, -0.15) is 0 Å². The number of aromatic amines is 1. The number of carbonyl (C=O) groups is 1. The average molecular weight is 422 g/mol. The first-order valence-electron chi connectivity index (χ1n) is 7.39. The van der Waals surface area contributed by atoms with Gasteiger partial charge in [-0.15, -0.1) is 10.2 Å². The zero-order valence-corrected chi connectivity index (χ0v) is 15.5. The molecular weight excluding hydrogens is 408 g/mol. The van der Waals surface area contributed by atoms with Gasteiger partial charge in [0.15, 0.2) is 5.69 Å². The number of aromatic hydroxyl groups is 1. The molecule has 6 nitrogen and oxygen atoms in total. The first kappa shape index (κ1) is 17.4. The van der Waals surface area contributed by atoms with Crippen LogP contribution in [0.4, 0.5) is 11.4 Å². The summed E-state index contributed by atoms with van der Waals surface area (Å²) in [5, 5.41) is 21.7. The van der Waals surface area contributed by atoms with Gasteiger partial charge in [-0.25, -0.2) is 0 Å². The predicted octanol–water partition coefficient (Wildman–Crippen LogP) is 5.32. The van der Waals surface area contributed by atoms with Crippen molar-refractivity contribution in [2.75, 3.05) is 11.9 Å². The molecule has 0 fully saturated rings. The highest BCUT2D eigenvalue weighted by Gasteiger charge is 2.12. The third kappa shape index (κ3) is 3.83. The maximum atomic E-state index is 11.9. The molecule has 2 aromatic carbocycles. The van der Waals surface area contributed by atoms with E-state index in [0.717, 1.165) is 10.0 Å². The Labute approximate surface area is 157 Å². The van der Waals surface area contributed by atoms with Crippen LogP contribution in [-0.4, -0.2) is 22.5 Å². The normalized spacial score (nSPS) is 11.3. The zero-order chi connectivity index (χ0) is 18.0. The van der Waals surface area contributed by atoms with Gasteiger partial charge in [0.1, 0.15) is 0 Å². The average Bonchev–Trinajstić information content (AvgIpc) is 2.87. The van der Waals surface area contributed by atoms with Crippen molar-refractivity contribution >= 4 is 55.7 Å². The minimum absolute atomic E-state index is 0.0546. The summed E-state index contributed by atoms with van der Waals surface area (Å²) in [6.45, 7) is 1.87. The number of hydrogen-bond donors (Lipinski definition) is 3. The third-order valence-corrected chi connectivity index (χ3v) is 4.78. The van der Waals surface area contributed by atoms with E-state index in [1.807, 2.05) is 25.1 Å². The van der Waals surface area contributed by atoms with E-state index in [0.29, 0.717) is 21.6 Å². The highest BCUT2D eigenvalue weighted by Crippen LogP contribution is 2.37. The minimum Gasteiger partial charge on any atom is -0.493 e. The van der Waals surface area contributed by atoms with Crippen LogP contribution in [0.25, 0.3) is 10.9 Å². The molecule has 8 heteroatoms. The number of nitrogens with one attached hydrogen (secondary N) is 2. The lowest BCUT2D eigenvalue weighted by Crippen LogP contribution is -2.11. The quantitative estimate of drug-likeness (QED) is 0.498. The largest absolute Gasteiger partial charge is 0.493 e. The standard InChI is InChI=1S/C17H14BrClN4O2/c1-9-6-10-14(7-11(9)18)21-17(25)16(10)23-22-15(24)8-20-13-5-3-2-4-12(13)19/h2-7,20-21,25H,8H2,1H3. The van der Waals surface area contributed by atoms with Crippen LogP contribution >= 0.6 is 27.5 Å². The van der Waals surface area contributed by atoms with Crippen molar-refractivity contribution in [3.05, 3.63) is 51.5 Å². The van der Waals surface area contributed by atoms with Crippen LogP contribution in [0.5, 0.6) is 5.88 Å². The van der Waals surface area contributed by atoms with Crippen LogP contribution in [0.2, 0.25) is 5.02 Å². The Morgan fingerprint density at radius 3 is 2.88 bits per heavy atom. The third-order valence-electron chi connectivity index (χ3n) is 3.60. The number of hydrogen-bond acceptors (Lipinski definition) is 4. The van der Waals surface area contributed by atoms with Gasteiger partial charge in [0.25, 0.3) is 5.91 Å². The lowest BCUT2D eigenvalue weighted by Gasteiger charge is -2.04. The van der Waals surface area contributed by atoms with E-state index in [1.165, 1.54) is 0 Å². The van der Waals surface area contributed by atoms with Crippen LogP contribution in [0.3, 0.4) is 0 Å². The van der Waals surface area contributed by atoms with Gasteiger partial charge < -0.3 is 15.4 Å². The van der Waals surface area contributed by atoms with Gasteiger partial charge in [0.05, 0.1) is 22.8 Å². The van der Waals surface area contributed by atoms with Crippen molar-refractivity contribution in [1.82, 2.24) is 4.98 Å². The summed E-state index contributed by atoms with van der Waals surface area (Å²) < 4.78 is 0.907. The van der Waals surface area contributed by atoms with Gasteiger partial charge in [0, 0.05) is 9.86 Å². The Balaban J connectivity index is 1.76. The SMILES string of the molecule is Cc1cc2c(N=NC(=O)CNc3ccccc3Cl)c(O)[nH]c2cc1Br. The molecule has 25 heavy (non-hydrogen) atoms. The molecule has 0 saturated heterocycles. The van der Waals surface area contributed by atoms with Crippen LogP contribution in [-0.2, 0) is 4.79 Å². The van der Waals surface area contributed by atoms with Crippen LogP contribution in [0.1, 0.15) is 5.56 Å². The number of fused-ring (bicyclic) bond motifs is 1. The number of aromatic nitrogens is 1. The monoisotopic (exact) mass is 420 g/mol. The van der Waals surface area contributed by atoms with E-state index in [2.05, 4.69) is 36.5 Å². The molecule has 0 radical (unpaired) electrons. The topological polar surface area (TPSA) is 89.8 Å². The summed E-state index contributed by atoms with van der Waals surface area (Å²) in [4.78, 5) is 14.7. The van der Waals surface area contributed by atoms with Gasteiger partial charge in [0.2, 0.25) is 5.88 Å². The molecule has 0 aliphatic carbocycles. The molecule has 0 spiro atoms. The molecular formula is C17H14BrClN4O2. The van der Waals surface area contributed by atoms with Crippen molar-refractivity contribution in [2.45, 2.75) is 6.92 Å². The number of amides is 1. The second-order valence-corrected chi connectivity index (χ2v) is 6.66. The van der Waals surface area contributed by atoms with E-state index in [1.54, 1.807) is 18.2 Å². The summed E-state index contributed by atoms with van der Waals surface area (Å²) in [7, 11) is 0. The van der Waals surface area contributed by atoms with Crippen LogP contribution < -0.4 is 5.32 Å². The van der Waals surface area contributed by atoms with E-state index < -0.39 is 5.91 Å². The van der Waals surface area contributed by atoms with Crippen LogP contribution in [0, 0.1) is 6.92 Å². The van der Waals surface area contributed by atoms with Gasteiger partial charge in [-0.1, -0.05) is 39.7 Å². The molecule has 0 bridgehead atoms. The maximum Gasteiger partial charge on any atom is 0.283 e. The van der Waals surface area contributed by atoms with Crippen molar-refractivity contribution in [3.63, 3.8) is 0 Å². The summed E-state index contributed by atoms with van der Waals surface area (Å²) >= 11 is 9.44. The number of nitrogens with zero attached hydrogens (tertiary/aromatic N) is 2. The number of rotatable bonds is 4. The second kappa shape index (κ2) is 7.25. The summed E-state index contributed by atoms with van der Waals surface area (Å²) in [5.74, 6) is -0.620. The zero-order valence-electron chi connectivity index (χ0n) is 13.2. The Morgan fingerprint density at radius 1 is 1.36 bits per heavy atom. The molecule has 0 aliphatic heterocycles. The van der Waals surface area contributed by atoms with E-state index in [-0.39, 0.29) is 18.1 Å². The molecule has 0 atom stereocenters. The Hall–Kier alpha value is -2.38. The number of aryl methyl sites for hydroxylation is 1. The van der Waals surface area contributed by atoms with Gasteiger partial charge >= 0.3 is 0 Å². The fourth-order valence-corrected chi connectivity index (χ4v) is 2.86. The number of azo groups is 1. The number of halogens is 2. The molecule has 3 rings (SSSR count).